The molecule has 1 fully saturated rings. The number of fused-ring (bicyclic) bond motifs is 1. The van der Waals surface area contributed by atoms with Gasteiger partial charge in [-0.25, -0.2) is 0 Å². The molecule has 4 rings (SSSR count). The maximum atomic E-state index is 12.4. The van der Waals surface area contributed by atoms with Crippen LogP contribution >= 0.6 is 0 Å². The van der Waals surface area contributed by atoms with Crippen molar-refractivity contribution in [1.82, 2.24) is 15.5 Å². The number of methoxy groups -OCH3 is 2. The highest BCUT2D eigenvalue weighted by atomic mass is 16.5. The van der Waals surface area contributed by atoms with Gasteiger partial charge in [0.2, 0.25) is 0 Å². The Hall–Kier alpha value is -3.35. The van der Waals surface area contributed by atoms with Crippen LogP contribution in [0.1, 0.15) is 23.3 Å². The number of anilines is 1. The molecule has 0 spiro atoms. The summed E-state index contributed by atoms with van der Waals surface area (Å²) in [5.74, 6) is 1.06. The first-order chi connectivity index (χ1) is 13.1. The van der Waals surface area contributed by atoms with Crippen molar-refractivity contribution in [2.45, 2.75) is 18.9 Å². The van der Waals surface area contributed by atoms with Crippen LogP contribution in [0.25, 0.3) is 22.0 Å². The molecule has 1 amide bonds. The second-order valence-corrected chi connectivity index (χ2v) is 6.48. The number of nitrogens with two attached hydrogens (primary N) is 1. The molecule has 0 bridgehead atoms. The van der Waals surface area contributed by atoms with Gasteiger partial charge < -0.3 is 20.5 Å². The number of hydrogen-bond acceptors (Lipinski definition) is 6. The van der Waals surface area contributed by atoms with Crippen molar-refractivity contribution in [2.75, 3.05) is 20.0 Å². The minimum atomic E-state index is -0.281. The first-order valence-electron chi connectivity index (χ1n) is 8.70. The largest absolute Gasteiger partial charge is 0.497 e. The van der Waals surface area contributed by atoms with E-state index < -0.39 is 0 Å². The van der Waals surface area contributed by atoms with Gasteiger partial charge in [-0.1, -0.05) is 18.2 Å². The van der Waals surface area contributed by atoms with Crippen LogP contribution in [0.5, 0.6) is 11.5 Å². The van der Waals surface area contributed by atoms with Crippen molar-refractivity contribution in [3.05, 3.63) is 42.1 Å². The van der Waals surface area contributed by atoms with Gasteiger partial charge in [0.15, 0.2) is 5.69 Å². The Balaban J connectivity index is 1.83. The van der Waals surface area contributed by atoms with Crippen molar-refractivity contribution in [3.8, 4) is 22.6 Å². The minimum Gasteiger partial charge on any atom is -0.497 e. The number of benzene rings is 2. The van der Waals surface area contributed by atoms with Crippen LogP contribution in [0.4, 0.5) is 5.69 Å². The SMILES string of the molecule is COc1ccc(-c2cccc3c(N)c(C(=O)NC4CC4)nnc23)c(OC)c1. The molecular weight excluding hydrogens is 344 g/mol. The van der Waals surface area contributed by atoms with Gasteiger partial charge in [-0.05, 0) is 25.0 Å². The number of carbonyl (C=O) groups is 1. The third-order valence-electron chi connectivity index (χ3n) is 4.66. The summed E-state index contributed by atoms with van der Waals surface area (Å²) in [6, 6.07) is 11.4. The summed E-state index contributed by atoms with van der Waals surface area (Å²) in [5.41, 5.74) is 9.02. The molecule has 7 heteroatoms. The van der Waals surface area contributed by atoms with Crippen molar-refractivity contribution >= 4 is 22.5 Å². The van der Waals surface area contributed by atoms with Crippen LogP contribution in [-0.2, 0) is 0 Å². The molecule has 1 saturated carbocycles. The fourth-order valence-electron chi connectivity index (χ4n) is 3.04. The van der Waals surface area contributed by atoms with E-state index in [1.165, 1.54) is 0 Å². The van der Waals surface area contributed by atoms with Crippen LogP contribution in [0.3, 0.4) is 0 Å². The molecular formula is C20H20N4O3. The molecule has 3 aromatic rings. The zero-order valence-electron chi connectivity index (χ0n) is 15.2. The molecule has 0 aliphatic heterocycles. The highest BCUT2D eigenvalue weighted by molar-refractivity contribution is 6.08. The molecule has 138 valence electrons. The first kappa shape index (κ1) is 17.1. The smallest absolute Gasteiger partial charge is 0.274 e. The summed E-state index contributed by atoms with van der Waals surface area (Å²) in [6.07, 6.45) is 1.99. The Labute approximate surface area is 156 Å². The van der Waals surface area contributed by atoms with Gasteiger partial charge in [-0.2, -0.15) is 0 Å². The summed E-state index contributed by atoms with van der Waals surface area (Å²) in [7, 11) is 3.20. The summed E-state index contributed by atoms with van der Waals surface area (Å²) < 4.78 is 10.8. The van der Waals surface area contributed by atoms with Gasteiger partial charge >= 0.3 is 0 Å². The number of hydrogen-bond donors (Lipinski definition) is 2. The Morgan fingerprint density at radius 3 is 2.63 bits per heavy atom. The van der Waals surface area contributed by atoms with E-state index in [9.17, 15) is 4.79 Å². The lowest BCUT2D eigenvalue weighted by molar-refractivity contribution is 0.0946. The van der Waals surface area contributed by atoms with Crippen LogP contribution in [0.15, 0.2) is 36.4 Å². The lowest BCUT2D eigenvalue weighted by Crippen LogP contribution is -2.27. The zero-order chi connectivity index (χ0) is 19.0. The monoisotopic (exact) mass is 364 g/mol. The third kappa shape index (κ3) is 3.12. The Morgan fingerprint density at radius 2 is 1.93 bits per heavy atom. The second-order valence-electron chi connectivity index (χ2n) is 6.48. The van der Waals surface area contributed by atoms with Crippen LogP contribution in [-0.4, -0.2) is 36.4 Å². The molecule has 1 heterocycles. The molecule has 7 nitrogen and oxygen atoms in total. The highest BCUT2D eigenvalue weighted by Crippen LogP contribution is 2.37. The van der Waals surface area contributed by atoms with E-state index in [1.54, 1.807) is 14.2 Å². The normalized spacial score (nSPS) is 13.4. The lowest BCUT2D eigenvalue weighted by Gasteiger charge is -2.13. The van der Waals surface area contributed by atoms with E-state index in [0.717, 1.165) is 24.0 Å². The maximum absolute atomic E-state index is 12.4. The van der Waals surface area contributed by atoms with Gasteiger partial charge in [-0.3, -0.25) is 4.79 Å². The molecule has 2 aromatic carbocycles. The Bertz CT molecular complexity index is 1030. The van der Waals surface area contributed by atoms with Gasteiger partial charge in [0.1, 0.15) is 17.0 Å². The van der Waals surface area contributed by atoms with Crippen LogP contribution in [0.2, 0.25) is 0 Å². The first-order valence-corrected chi connectivity index (χ1v) is 8.70. The number of carbonyl (C=O) groups excluding carboxylic acids is 1. The van der Waals surface area contributed by atoms with Gasteiger partial charge in [0.05, 0.1) is 19.9 Å². The zero-order valence-corrected chi connectivity index (χ0v) is 15.2. The van der Waals surface area contributed by atoms with E-state index in [4.69, 9.17) is 15.2 Å². The minimum absolute atomic E-state index is 0.160. The molecule has 0 saturated heterocycles. The quantitative estimate of drug-likeness (QED) is 0.722. The topological polar surface area (TPSA) is 99.4 Å². The Kier molecular flexibility index (Phi) is 4.27. The number of aromatic nitrogens is 2. The average Bonchev–Trinajstić information content (AvgIpc) is 3.51. The van der Waals surface area contributed by atoms with E-state index in [0.29, 0.717) is 28.1 Å². The summed E-state index contributed by atoms with van der Waals surface area (Å²) in [5, 5.41) is 12.0. The van der Waals surface area contributed by atoms with Crippen LogP contribution in [0, 0.1) is 0 Å². The number of ether oxygens (including phenoxy) is 2. The van der Waals surface area contributed by atoms with Crippen LogP contribution < -0.4 is 20.5 Å². The van der Waals surface area contributed by atoms with E-state index in [-0.39, 0.29) is 17.6 Å². The highest BCUT2D eigenvalue weighted by Gasteiger charge is 2.26. The van der Waals surface area contributed by atoms with Gasteiger partial charge in [0.25, 0.3) is 5.91 Å². The number of nitrogen functional groups attached to an aromatic ring is 1. The molecule has 27 heavy (non-hydrogen) atoms. The predicted octanol–water partition coefficient (Wildman–Crippen LogP) is 2.79. The van der Waals surface area contributed by atoms with E-state index in [1.807, 2.05) is 36.4 Å². The Morgan fingerprint density at radius 1 is 1.11 bits per heavy atom. The van der Waals surface area contributed by atoms with Crippen molar-refractivity contribution in [2.24, 2.45) is 0 Å². The summed E-state index contributed by atoms with van der Waals surface area (Å²) >= 11 is 0. The molecule has 0 atom stereocenters. The van der Waals surface area contributed by atoms with Crippen molar-refractivity contribution in [3.63, 3.8) is 0 Å². The number of amides is 1. The lowest BCUT2D eigenvalue weighted by atomic mass is 10.00. The van der Waals surface area contributed by atoms with Crippen molar-refractivity contribution in [1.29, 1.82) is 0 Å². The second kappa shape index (κ2) is 6.75. The molecule has 1 aliphatic carbocycles. The molecule has 3 N–H and O–H groups in total. The van der Waals surface area contributed by atoms with E-state index >= 15 is 0 Å². The number of rotatable bonds is 5. The van der Waals surface area contributed by atoms with Gasteiger partial charge in [-0.15, -0.1) is 10.2 Å². The van der Waals surface area contributed by atoms with Crippen molar-refractivity contribution < 1.29 is 14.3 Å². The average molecular weight is 364 g/mol. The van der Waals surface area contributed by atoms with E-state index in [2.05, 4.69) is 15.5 Å². The number of nitrogens with one attached hydrogen (secondary N) is 1. The molecule has 1 aliphatic rings. The summed E-state index contributed by atoms with van der Waals surface area (Å²) in [6.45, 7) is 0. The molecule has 0 unspecified atom stereocenters. The standard InChI is InChI=1S/C20H20N4O3/c1-26-12-8-9-13(16(10-12)27-2)14-4-3-5-15-17(21)19(24-23-18(14)15)20(25)22-11-6-7-11/h3-5,8-11H,6-7H2,1-2H3,(H2,21,23)(H,22,25). The summed E-state index contributed by atoms with van der Waals surface area (Å²) in [4.78, 5) is 12.4. The number of nitrogens with zero attached hydrogens (tertiary/aromatic N) is 2. The predicted molar refractivity (Wildman–Crippen MR) is 103 cm³/mol. The molecule has 1 aromatic heterocycles. The fraction of sp³-hybridized carbons (Fsp3) is 0.250. The maximum Gasteiger partial charge on any atom is 0.274 e. The fourth-order valence-corrected chi connectivity index (χ4v) is 3.04. The molecule has 0 radical (unpaired) electrons. The van der Waals surface area contributed by atoms with Gasteiger partial charge in [0, 0.05) is 28.6 Å². The third-order valence-corrected chi connectivity index (χ3v) is 4.66.